The molecule has 2 aromatic carbocycles. The molecule has 0 aliphatic heterocycles. The lowest BCUT2D eigenvalue weighted by atomic mass is 10.1. The van der Waals surface area contributed by atoms with E-state index in [9.17, 15) is 38.4 Å². The van der Waals surface area contributed by atoms with Gasteiger partial charge in [-0.2, -0.15) is 0 Å². The lowest BCUT2D eigenvalue weighted by Gasteiger charge is -2.20. The van der Waals surface area contributed by atoms with Crippen molar-refractivity contribution in [3.05, 3.63) is 84.2 Å². The number of H-pyrrole nitrogens is 2. The third-order valence-electron chi connectivity index (χ3n) is 4.34. The van der Waals surface area contributed by atoms with Crippen LogP contribution in [0, 0.1) is 15.9 Å². The van der Waals surface area contributed by atoms with Crippen molar-refractivity contribution in [2.24, 2.45) is 0 Å². The SMILES string of the molecule is O=c1[nH]c2cc([N+](=O)[O-])cc(CNC(CP(=O)(O)O)c3ccc(F)cc3)c2[nH]c1=O. The number of fused-ring (bicyclic) bond motifs is 1. The standard InChI is InChI=1S/C17H16FN4O7P/c18-11-3-1-9(2-4-11)14(8-30(27,28)29)19-7-10-5-12(22(25)26)6-13-15(10)21-17(24)16(23)20-13/h1-6,14,19H,7-8H2,(H,20,23)(H,21,24)(H2,27,28,29). The number of nitro groups is 1. The molecule has 0 aliphatic rings. The number of nitro benzene ring substituents is 1. The van der Waals surface area contributed by atoms with Crippen molar-refractivity contribution in [3.63, 3.8) is 0 Å². The van der Waals surface area contributed by atoms with Gasteiger partial charge in [0.1, 0.15) is 5.82 Å². The Labute approximate surface area is 166 Å². The minimum Gasteiger partial charge on any atom is -0.324 e. The van der Waals surface area contributed by atoms with Gasteiger partial charge in [0.2, 0.25) is 0 Å². The topological polar surface area (TPSA) is 178 Å². The highest BCUT2D eigenvalue weighted by atomic mass is 31.2. The van der Waals surface area contributed by atoms with Crippen molar-refractivity contribution in [3.8, 4) is 0 Å². The van der Waals surface area contributed by atoms with E-state index in [0.29, 0.717) is 5.56 Å². The van der Waals surface area contributed by atoms with Gasteiger partial charge in [-0.1, -0.05) is 12.1 Å². The number of hydrogen-bond donors (Lipinski definition) is 5. The highest BCUT2D eigenvalue weighted by Gasteiger charge is 2.23. The molecule has 158 valence electrons. The van der Waals surface area contributed by atoms with E-state index in [1.165, 1.54) is 18.2 Å². The second-order valence-electron chi connectivity index (χ2n) is 6.53. The number of halogens is 1. The number of benzene rings is 2. The van der Waals surface area contributed by atoms with Crippen molar-refractivity contribution in [2.45, 2.75) is 12.6 Å². The average molecular weight is 438 g/mol. The first-order valence-corrected chi connectivity index (χ1v) is 10.3. The Hall–Kier alpha value is -3.18. The molecule has 11 nitrogen and oxygen atoms in total. The lowest BCUT2D eigenvalue weighted by molar-refractivity contribution is -0.384. The molecule has 0 saturated heterocycles. The minimum atomic E-state index is -4.48. The molecular weight excluding hydrogens is 422 g/mol. The Balaban J connectivity index is 2.02. The molecule has 30 heavy (non-hydrogen) atoms. The smallest absolute Gasteiger partial charge is 0.324 e. The molecule has 0 radical (unpaired) electrons. The highest BCUT2D eigenvalue weighted by Crippen LogP contribution is 2.39. The third kappa shape index (κ3) is 5.05. The van der Waals surface area contributed by atoms with E-state index in [1.807, 2.05) is 0 Å². The summed E-state index contributed by atoms with van der Waals surface area (Å²) in [6.45, 7) is -0.151. The summed E-state index contributed by atoms with van der Waals surface area (Å²) in [4.78, 5) is 57.1. The van der Waals surface area contributed by atoms with Crippen LogP contribution in [-0.2, 0) is 11.1 Å². The molecule has 0 bridgehead atoms. The molecule has 0 saturated carbocycles. The van der Waals surface area contributed by atoms with Gasteiger partial charge in [0, 0.05) is 24.7 Å². The van der Waals surface area contributed by atoms with Crippen LogP contribution in [0.25, 0.3) is 11.0 Å². The maximum atomic E-state index is 13.2. The van der Waals surface area contributed by atoms with Crippen molar-refractivity contribution >= 4 is 24.3 Å². The van der Waals surface area contributed by atoms with Crippen LogP contribution in [0.3, 0.4) is 0 Å². The number of non-ortho nitro benzene ring substituents is 1. The van der Waals surface area contributed by atoms with E-state index in [2.05, 4.69) is 15.3 Å². The van der Waals surface area contributed by atoms with Crippen molar-refractivity contribution in [2.75, 3.05) is 6.16 Å². The molecule has 0 spiro atoms. The molecule has 3 rings (SSSR count). The summed E-state index contributed by atoms with van der Waals surface area (Å²) < 4.78 is 24.7. The van der Waals surface area contributed by atoms with Crippen LogP contribution in [0.4, 0.5) is 10.1 Å². The highest BCUT2D eigenvalue weighted by molar-refractivity contribution is 7.51. The number of aromatic amines is 2. The minimum absolute atomic E-state index is 0.0268. The van der Waals surface area contributed by atoms with Crippen LogP contribution >= 0.6 is 7.60 Å². The van der Waals surface area contributed by atoms with Gasteiger partial charge < -0.3 is 25.1 Å². The summed E-state index contributed by atoms with van der Waals surface area (Å²) in [6, 6.07) is 6.31. The molecule has 1 unspecified atom stereocenters. The first kappa shape index (κ1) is 21.5. The van der Waals surface area contributed by atoms with Crippen LogP contribution in [-0.4, -0.2) is 30.8 Å². The van der Waals surface area contributed by atoms with Crippen LogP contribution in [0.15, 0.2) is 46.0 Å². The lowest BCUT2D eigenvalue weighted by Crippen LogP contribution is -2.30. The van der Waals surface area contributed by atoms with Crippen molar-refractivity contribution in [1.82, 2.24) is 15.3 Å². The van der Waals surface area contributed by atoms with Crippen molar-refractivity contribution in [1.29, 1.82) is 0 Å². The molecular formula is C17H16FN4O7P. The van der Waals surface area contributed by atoms with E-state index in [-0.39, 0.29) is 28.8 Å². The molecule has 5 N–H and O–H groups in total. The third-order valence-corrected chi connectivity index (χ3v) is 5.18. The Bertz CT molecular complexity index is 1270. The van der Waals surface area contributed by atoms with E-state index in [4.69, 9.17) is 0 Å². The fraction of sp³-hybridized carbons (Fsp3) is 0.176. The Morgan fingerprint density at radius 3 is 2.37 bits per heavy atom. The molecule has 13 heteroatoms. The second kappa shape index (κ2) is 8.28. The van der Waals surface area contributed by atoms with Gasteiger partial charge in [0.05, 0.1) is 22.1 Å². The van der Waals surface area contributed by atoms with Gasteiger partial charge in [-0.05, 0) is 23.3 Å². The zero-order valence-corrected chi connectivity index (χ0v) is 16.1. The predicted octanol–water partition coefficient (Wildman–Crippen LogP) is 1.27. The molecule has 1 atom stereocenters. The van der Waals surface area contributed by atoms with Gasteiger partial charge in [-0.25, -0.2) is 4.39 Å². The van der Waals surface area contributed by atoms with Gasteiger partial charge in [-0.15, -0.1) is 0 Å². The van der Waals surface area contributed by atoms with Crippen LogP contribution in [0.2, 0.25) is 0 Å². The quantitative estimate of drug-likeness (QED) is 0.158. The fourth-order valence-corrected chi connectivity index (χ4v) is 3.80. The summed E-state index contributed by atoms with van der Waals surface area (Å²) in [5.74, 6) is -0.528. The molecule has 3 aromatic rings. The summed E-state index contributed by atoms with van der Waals surface area (Å²) in [6.07, 6.45) is -0.612. The molecule has 0 amide bonds. The zero-order valence-electron chi connectivity index (χ0n) is 15.2. The summed E-state index contributed by atoms with van der Waals surface area (Å²) >= 11 is 0. The van der Waals surface area contributed by atoms with E-state index in [0.717, 1.165) is 18.2 Å². The average Bonchev–Trinajstić information content (AvgIpc) is 2.65. The van der Waals surface area contributed by atoms with Gasteiger partial charge in [-0.3, -0.25) is 24.3 Å². The van der Waals surface area contributed by atoms with Crippen molar-refractivity contribution < 1.29 is 23.7 Å². The predicted molar refractivity (Wildman–Crippen MR) is 105 cm³/mol. The van der Waals surface area contributed by atoms with Crippen LogP contribution in [0.1, 0.15) is 17.2 Å². The van der Waals surface area contributed by atoms with Gasteiger partial charge in [0.25, 0.3) is 5.69 Å². The molecule has 0 aliphatic carbocycles. The summed E-state index contributed by atoms with van der Waals surface area (Å²) in [5, 5.41) is 14.1. The second-order valence-corrected chi connectivity index (χ2v) is 8.22. The van der Waals surface area contributed by atoms with E-state index < -0.39 is 41.7 Å². The maximum absolute atomic E-state index is 13.2. The van der Waals surface area contributed by atoms with Gasteiger partial charge in [0.15, 0.2) is 0 Å². The molecule has 1 heterocycles. The van der Waals surface area contributed by atoms with Crippen LogP contribution in [0.5, 0.6) is 0 Å². The Morgan fingerprint density at radius 1 is 1.13 bits per heavy atom. The first-order chi connectivity index (χ1) is 14.0. The number of rotatable bonds is 7. The largest absolute Gasteiger partial charge is 0.327 e. The first-order valence-electron chi connectivity index (χ1n) is 8.50. The molecule has 0 fully saturated rings. The van der Waals surface area contributed by atoms with Crippen LogP contribution < -0.4 is 16.4 Å². The normalized spacial score (nSPS) is 12.8. The fourth-order valence-electron chi connectivity index (χ4n) is 2.98. The van der Waals surface area contributed by atoms with Gasteiger partial charge >= 0.3 is 18.7 Å². The monoisotopic (exact) mass is 438 g/mol. The Morgan fingerprint density at radius 2 is 1.77 bits per heavy atom. The number of nitrogens with zero attached hydrogens (tertiary/aromatic N) is 1. The van der Waals surface area contributed by atoms with E-state index >= 15 is 0 Å². The zero-order chi connectivity index (χ0) is 22.1. The summed E-state index contributed by atoms with van der Waals surface area (Å²) in [5.41, 5.74) is -1.53. The van der Waals surface area contributed by atoms with E-state index in [1.54, 1.807) is 0 Å². The maximum Gasteiger partial charge on any atom is 0.327 e. The number of hydrogen-bond acceptors (Lipinski definition) is 6. The Kier molecular flexibility index (Phi) is 5.94. The summed E-state index contributed by atoms with van der Waals surface area (Å²) in [7, 11) is -4.48. The number of aromatic nitrogens is 2. The molecule has 1 aromatic heterocycles. The number of nitrogens with one attached hydrogen (secondary N) is 3.